The molecule has 0 bridgehead atoms. The molecule has 0 radical (unpaired) electrons. The number of rotatable bonds is 0. The van der Waals surface area contributed by atoms with Crippen molar-refractivity contribution in [2.45, 2.75) is 31.3 Å². The highest BCUT2D eigenvalue weighted by molar-refractivity contribution is 4.87. The molecule has 0 aromatic rings. The molecule has 2 nitrogen and oxygen atoms in total. The molecule has 0 unspecified atom stereocenters. The van der Waals surface area contributed by atoms with Crippen LogP contribution in [-0.4, -0.2) is 25.4 Å². The average molecular weight is 142 g/mol. The second kappa shape index (κ2) is 2.51. The summed E-state index contributed by atoms with van der Waals surface area (Å²) in [6, 6.07) is 0. The number of hydrogen-bond donors (Lipinski definition) is 0. The summed E-state index contributed by atoms with van der Waals surface area (Å²) in [5.74, 6) is 0. The van der Waals surface area contributed by atoms with Crippen molar-refractivity contribution in [2.24, 2.45) is 0 Å². The molecule has 1 heterocycles. The zero-order chi connectivity index (χ0) is 6.86. The van der Waals surface area contributed by atoms with Crippen molar-refractivity contribution in [3.8, 4) is 0 Å². The summed E-state index contributed by atoms with van der Waals surface area (Å²) < 4.78 is 11.1. The van der Waals surface area contributed by atoms with Crippen LogP contribution in [0.25, 0.3) is 0 Å². The third-order valence-electron chi connectivity index (χ3n) is 2.52. The van der Waals surface area contributed by atoms with Gasteiger partial charge in [0.2, 0.25) is 0 Å². The molecule has 1 aliphatic carbocycles. The van der Waals surface area contributed by atoms with Gasteiger partial charge in [-0.2, -0.15) is 0 Å². The molecule has 2 rings (SSSR count). The summed E-state index contributed by atoms with van der Waals surface area (Å²) >= 11 is 0. The summed E-state index contributed by atoms with van der Waals surface area (Å²) in [5.41, 5.74) is 0.151. The lowest BCUT2D eigenvalue weighted by molar-refractivity contribution is -0.152. The van der Waals surface area contributed by atoms with E-state index in [0.717, 1.165) is 19.8 Å². The first kappa shape index (κ1) is 6.62. The predicted octanol–water partition coefficient (Wildman–Crippen LogP) is 1.35. The smallest absolute Gasteiger partial charge is 0.0916 e. The highest BCUT2D eigenvalue weighted by Crippen LogP contribution is 2.34. The first-order valence-electron chi connectivity index (χ1n) is 4.13. The van der Waals surface area contributed by atoms with Crippen molar-refractivity contribution < 1.29 is 9.47 Å². The van der Waals surface area contributed by atoms with Crippen LogP contribution in [0.5, 0.6) is 0 Å². The minimum Gasteiger partial charge on any atom is -0.376 e. The van der Waals surface area contributed by atoms with Gasteiger partial charge in [-0.25, -0.2) is 0 Å². The second-order valence-corrected chi connectivity index (χ2v) is 3.29. The third-order valence-corrected chi connectivity index (χ3v) is 2.52. The standard InChI is InChI=1S/C8H14O2/c1-2-4-8(3-1)7-9-5-6-10-8/h1-7H2. The van der Waals surface area contributed by atoms with Crippen molar-refractivity contribution in [1.29, 1.82) is 0 Å². The molecule has 1 spiro atoms. The Bertz CT molecular complexity index is 108. The predicted molar refractivity (Wildman–Crippen MR) is 38.0 cm³/mol. The maximum Gasteiger partial charge on any atom is 0.0916 e. The minimum absolute atomic E-state index is 0.151. The molecule has 58 valence electrons. The molecule has 2 fully saturated rings. The molecule has 0 amide bonds. The summed E-state index contributed by atoms with van der Waals surface area (Å²) in [4.78, 5) is 0. The number of ether oxygens (including phenoxy) is 2. The fraction of sp³-hybridized carbons (Fsp3) is 1.00. The van der Waals surface area contributed by atoms with Gasteiger partial charge in [-0.1, -0.05) is 12.8 Å². The van der Waals surface area contributed by atoms with Gasteiger partial charge in [0.05, 0.1) is 25.4 Å². The lowest BCUT2D eigenvalue weighted by atomic mass is 10.0. The van der Waals surface area contributed by atoms with E-state index in [-0.39, 0.29) is 5.60 Å². The van der Waals surface area contributed by atoms with Gasteiger partial charge in [0.15, 0.2) is 0 Å². The first-order valence-corrected chi connectivity index (χ1v) is 4.13. The first-order chi connectivity index (χ1) is 4.91. The normalized spacial score (nSPS) is 31.2. The number of hydrogen-bond acceptors (Lipinski definition) is 2. The van der Waals surface area contributed by atoms with Crippen molar-refractivity contribution in [1.82, 2.24) is 0 Å². The largest absolute Gasteiger partial charge is 0.376 e. The average Bonchev–Trinajstić information content (AvgIpc) is 2.39. The van der Waals surface area contributed by atoms with Gasteiger partial charge in [-0.3, -0.25) is 0 Å². The van der Waals surface area contributed by atoms with Crippen LogP contribution in [0.15, 0.2) is 0 Å². The summed E-state index contributed by atoms with van der Waals surface area (Å²) in [7, 11) is 0. The summed E-state index contributed by atoms with van der Waals surface area (Å²) in [5, 5.41) is 0. The molecular weight excluding hydrogens is 128 g/mol. The highest BCUT2D eigenvalue weighted by atomic mass is 16.6. The van der Waals surface area contributed by atoms with Crippen LogP contribution in [0.1, 0.15) is 25.7 Å². The maximum atomic E-state index is 5.70. The van der Waals surface area contributed by atoms with Crippen LogP contribution in [0, 0.1) is 0 Å². The van der Waals surface area contributed by atoms with Crippen LogP contribution in [-0.2, 0) is 9.47 Å². The van der Waals surface area contributed by atoms with E-state index in [9.17, 15) is 0 Å². The Hall–Kier alpha value is -0.0800. The quantitative estimate of drug-likeness (QED) is 0.508. The van der Waals surface area contributed by atoms with Crippen molar-refractivity contribution >= 4 is 0 Å². The van der Waals surface area contributed by atoms with Gasteiger partial charge in [-0.15, -0.1) is 0 Å². The molecule has 0 atom stereocenters. The van der Waals surface area contributed by atoms with Gasteiger partial charge in [0.25, 0.3) is 0 Å². The Morgan fingerprint density at radius 1 is 1.00 bits per heavy atom. The van der Waals surface area contributed by atoms with Crippen LogP contribution < -0.4 is 0 Å². The molecule has 0 N–H and O–H groups in total. The van der Waals surface area contributed by atoms with Gasteiger partial charge >= 0.3 is 0 Å². The van der Waals surface area contributed by atoms with E-state index in [1.807, 2.05) is 0 Å². The molecule has 1 saturated carbocycles. The van der Waals surface area contributed by atoms with Gasteiger partial charge in [0.1, 0.15) is 0 Å². The topological polar surface area (TPSA) is 18.5 Å². The molecular formula is C8H14O2. The summed E-state index contributed by atoms with van der Waals surface area (Å²) in [6.07, 6.45) is 5.08. The molecule has 10 heavy (non-hydrogen) atoms. The Morgan fingerprint density at radius 3 is 2.40 bits per heavy atom. The fourth-order valence-corrected chi connectivity index (χ4v) is 1.92. The second-order valence-electron chi connectivity index (χ2n) is 3.29. The van der Waals surface area contributed by atoms with E-state index < -0.39 is 0 Å². The van der Waals surface area contributed by atoms with E-state index >= 15 is 0 Å². The Kier molecular flexibility index (Phi) is 1.66. The van der Waals surface area contributed by atoms with E-state index in [0.29, 0.717) is 0 Å². The van der Waals surface area contributed by atoms with E-state index in [1.54, 1.807) is 0 Å². The van der Waals surface area contributed by atoms with Crippen LogP contribution >= 0.6 is 0 Å². The lowest BCUT2D eigenvalue weighted by Gasteiger charge is -2.33. The lowest BCUT2D eigenvalue weighted by Crippen LogP contribution is -2.40. The van der Waals surface area contributed by atoms with E-state index in [2.05, 4.69) is 0 Å². The molecule has 2 heteroatoms. The van der Waals surface area contributed by atoms with E-state index in [4.69, 9.17) is 9.47 Å². The molecule has 0 aromatic heterocycles. The molecule has 0 aromatic carbocycles. The molecule has 1 saturated heterocycles. The van der Waals surface area contributed by atoms with Gasteiger partial charge in [-0.05, 0) is 12.8 Å². The third kappa shape index (κ3) is 1.06. The zero-order valence-electron chi connectivity index (χ0n) is 6.27. The van der Waals surface area contributed by atoms with Crippen LogP contribution in [0.2, 0.25) is 0 Å². The Morgan fingerprint density at radius 2 is 1.80 bits per heavy atom. The van der Waals surface area contributed by atoms with Crippen molar-refractivity contribution in [2.75, 3.05) is 19.8 Å². The Labute approximate surface area is 61.5 Å². The zero-order valence-corrected chi connectivity index (χ0v) is 6.27. The highest BCUT2D eigenvalue weighted by Gasteiger charge is 2.36. The minimum atomic E-state index is 0.151. The molecule has 2 aliphatic rings. The maximum absolute atomic E-state index is 5.70. The fourth-order valence-electron chi connectivity index (χ4n) is 1.92. The van der Waals surface area contributed by atoms with Crippen LogP contribution in [0.3, 0.4) is 0 Å². The van der Waals surface area contributed by atoms with Crippen LogP contribution in [0.4, 0.5) is 0 Å². The van der Waals surface area contributed by atoms with Gasteiger partial charge in [0, 0.05) is 0 Å². The Balaban J connectivity index is 1.98. The monoisotopic (exact) mass is 142 g/mol. The summed E-state index contributed by atoms with van der Waals surface area (Å²) in [6.45, 7) is 2.44. The van der Waals surface area contributed by atoms with E-state index in [1.165, 1.54) is 25.7 Å². The van der Waals surface area contributed by atoms with Crippen molar-refractivity contribution in [3.63, 3.8) is 0 Å². The van der Waals surface area contributed by atoms with Crippen molar-refractivity contribution in [3.05, 3.63) is 0 Å². The SMILES string of the molecule is C1CCC2(C1)COCCO2. The molecule has 1 aliphatic heterocycles. The van der Waals surface area contributed by atoms with Gasteiger partial charge < -0.3 is 9.47 Å².